The fourth-order valence-electron chi connectivity index (χ4n) is 2.97. The summed E-state index contributed by atoms with van der Waals surface area (Å²) in [6.45, 7) is 3.94. The van der Waals surface area contributed by atoms with Crippen LogP contribution in [0.25, 0.3) is 5.70 Å². The Labute approximate surface area is 163 Å². The molecule has 0 radical (unpaired) electrons. The smallest absolute Gasteiger partial charge is 0.356 e. The SMILES string of the molecule is COC(=O)C1=NC(c2ccc(C)cc2)=C(C(=O)OC)NC1c1ccc(C)cc1. The van der Waals surface area contributed by atoms with Crippen molar-refractivity contribution in [1.29, 1.82) is 0 Å². The summed E-state index contributed by atoms with van der Waals surface area (Å²) in [7, 11) is 2.62. The van der Waals surface area contributed by atoms with E-state index in [9.17, 15) is 9.59 Å². The van der Waals surface area contributed by atoms with Crippen molar-refractivity contribution in [2.24, 2.45) is 4.99 Å². The summed E-state index contributed by atoms with van der Waals surface area (Å²) < 4.78 is 9.89. The van der Waals surface area contributed by atoms with E-state index in [1.54, 1.807) is 0 Å². The average molecular weight is 378 g/mol. The maximum atomic E-state index is 12.5. The Morgan fingerprint density at radius 2 is 1.39 bits per heavy atom. The van der Waals surface area contributed by atoms with Gasteiger partial charge in [0.25, 0.3) is 0 Å². The van der Waals surface area contributed by atoms with Crippen LogP contribution in [0.2, 0.25) is 0 Å². The molecule has 0 amide bonds. The molecule has 0 aromatic heterocycles. The third-order valence-corrected chi connectivity index (χ3v) is 4.55. The van der Waals surface area contributed by atoms with Gasteiger partial charge in [0.2, 0.25) is 0 Å². The Hall–Kier alpha value is -3.41. The highest BCUT2D eigenvalue weighted by atomic mass is 16.5. The topological polar surface area (TPSA) is 77.0 Å². The molecule has 1 aliphatic rings. The van der Waals surface area contributed by atoms with Crippen LogP contribution in [0.4, 0.5) is 0 Å². The first kappa shape index (κ1) is 19.4. The van der Waals surface area contributed by atoms with Crippen LogP contribution < -0.4 is 5.32 Å². The van der Waals surface area contributed by atoms with E-state index in [2.05, 4.69) is 10.3 Å². The van der Waals surface area contributed by atoms with Gasteiger partial charge in [0.1, 0.15) is 17.4 Å². The number of hydrogen-bond donors (Lipinski definition) is 1. The first-order valence-electron chi connectivity index (χ1n) is 8.84. The summed E-state index contributed by atoms with van der Waals surface area (Å²) in [5.74, 6) is -1.12. The van der Waals surface area contributed by atoms with Gasteiger partial charge >= 0.3 is 11.9 Å². The van der Waals surface area contributed by atoms with Crippen molar-refractivity contribution in [3.05, 3.63) is 76.5 Å². The number of carbonyl (C=O) groups is 2. The van der Waals surface area contributed by atoms with Gasteiger partial charge in [-0.2, -0.15) is 0 Å². The zero-order valence-electron chi connectivity index (χ0n) is 16.3. The van der Waals surface area contributed by atoms with Crippen LogP contribution in [0, 0.1) is 13.8 Å². The number of esters is 2. The minimum atomic E-state index is -0.628. The maximum Gasteiger partial charge on any atom is 0.356 e. The zero-order chi connectivity index (χ0) is 20.3. The van der Waals surface area contributed by atoms with Crippen molar-refractivity contribution >= 4 is 23.3 Å². The van der Waals surface area contributed by atoms with Gasteiger partial charge in [0.05, 0.1) is 14.2 Å². The average Bonchev–Trinajstić information content (AvgIpc) is 2.73. The number of carbonyl (C=O) groups excluding carboxylic acids is 2. The Morgan fingerprint density at radius 1 is 0.857 bits per heavy atom. The van der Waals surface area contributed by atoms with Crippen LogP contribution in [-0.4, -0.2) is 31.9 Å². The van der Waals surface area contributed by atoms with Crippen LogP contribution >= 0.6 is 0 Å². The molecule has 0 saturated carbocycles. The van der Waals surface area contributed by atoms with E-state index in [0.29, 0.717) is 11.3 Å². The summed E-state index contributed by atoms with van der Waals surface area (Å²) in [5.41, 5.74) is 4.36. The summed E-state index contributed by atoms with van der Waals surface area (Å²) in [4.78, 5) is 29.5. The van der Waals surface area contributed by atoms with Crippen LogP contribution in [0.1, 0.15) is 28.3 Å². The maximum absolute atomic E-state index is 12.5. The minimum absolute atomic E-state index is 0.176. The monoisotopic (exact) mass is 378 g/mol. The number of benzene rings is 2. The molecule has 1 N–H and O–H groups in total. The van der Waals surface area contributed by atoms with Gasteiger partial charge in [-0.05, 0) is 19.4 Å². The van der Waals surface area contributed by atoms with Gasteiger partial charge in [-0.15, -0.1) is 0 Å². The molecule has 6 nitrogen and oxygen atoms in total. The summed E-state index contributed by atoms with van der Waals surface area (Å²) >= 11 is 0. The fourth-order valence-corrected chi connectivity index (χ4v) is 2.97. The number of aryl methyl sites for hydroxylation is 2. The van der Waals surface area contributed by atoms with Gasteiger partial charge in [-0.1, -0.05) is 59.7 Å². The molecule has 144 valence electrons. The number of ether oxygens (including phenoxy) is 2. The number of nitrogens with one attached hydrogen (secondary N) is 1. The standard InChI is InChI=1S/C22H22N2O4/c1-13-5-9-15(10-6-13)17-19(21(25)27-3)24-18(20(23-17)22(26)28-4)16-11-7-14(2)8-12-16/h5-12,17,23H,1-4H3. The molecule has 2 aromatic rings. The lowest BCUT2D eigenvalue weighted by molar-refractivity contribution is -0.137. The van der Waals surface area contributed by atoms with Crippen molar-refractivity contribution in [3.8, 4) is 0 Å². The Morgan fingerprint density at radius 3 is 1.93 bits per heavy atom. The molecule has 28 heavy (non-hydrogen) atoms. The molecule has 2 aromatic carbocycles. The highest BCUT2D eigenvalue weighted by Crippen LogP contribution is 2.30. The fraction of sp³-hybridized carbons (Fsp3) is 0.227. The van der Waals surface area contributed by atoms with Crippen molar-refractivity contribution in [2.75, 3.05) is 14.2 Å². The molecule has 0 bridgehead atoms. The van der Waals surface area contributed by atoms with E-state index in [1.165, 1.54) is 14.2 Å². The summed E-state index contributed by atoms with van der Waals surface area (Å²) in [5, 5.41) is 3.14. The van der Waals surface area contributed by atoms with Crippen LogP contribution in [0.5, 0.6) is 0 Å². The lowest BCUT2D eigenvalue weighted by Crippen LogP contribution is -2.39. The minimum Gasteiger partial charge on any atom is -0.464 e. The summed E-state index contributed by atoms with van der Waals surface area (Å²) in [6.07, 6.45) is 0. The lowest BCUT2D eigenvalue weighted by atomic mass is 9.97. The molecular weight excluding hydrogens is 356 g/mol. The van der Waals surface area contributed by atoms with Crippen molar-refractivity contribution in [2.45, 2.75) is 19.9 Å². The highest BCUT2D eigenvalue weighted by molar-refractivity contribution is 6.40. The van der Waals surface area contributed by atoms with Crippen molar-refractivity contribution in [1.82, 2.24) is 5.32 Å². The van der Waals surface area contributed by atoms with Gasteiger partial charge < -0.3 is 14.8 Å². The summed E-state index contributed by atoms with van der Waals surface area (Å²) in [6, 6.07) is 14.5. The molecule has 1 aliphatic heterocycles. The van der Waals surface area contributed by atoms with E-state index >= 15 is 0 Å². The third-order valence-electron chi connectivity index (χ3n) is 4.55. The van der Waals surface area contributed by atoms with Gasteiger partial charge in [-0.3, -0.25) is 0 Å². The van der Waals surface area contributed by atoms with E-state index in [-0.39, 0.29) is 11.4 Å². The predicted molar refractivity (Wildman–Crippen MR) is 107 cm³/mol. The zero-order valence-corrected chi connectivity index (χ0v) is 16.3. The van der Waals surface area contributed by atoms with Gasteiger partial charge in [0.15, 0.2) is 5.71 Å². The Balaban J connectivity index is 2.17. The molecule has 1 unspecified atom stereocenters. The molecular formula is C22H22N2O4. The molecule has 0 saturated heterocycles. The number of aliphatic imine (C=N–C) groups is 1. The largest absolute Gasteiger partial charge is 0.464 e. The number of hydrogen-bond acceptors (Lipinski definition) is 6. The first-order chi connectivity index (χ1) is 13.4. The van der Waals surface area contributed by atoms with E-state index in [4.69, 9.17) is 9.47 Å². The van der Waals surface area contributed by atoms with Crippen LogP contribution in [0.15, 0.2) is 59.2 Å². The molecule has 6 heteroatoms. The molecule has 1 atom stereocenters. The number of methoxy groups -OCH3 is 2. The second-order valence-electron chi connectivity index (χ2n) is 6.56. The van der Waals surface area contributed by atoms with Crippen LogP contribution in [0.3, 0.4) is 0 Å². The number of rotatable bonds is 4. The Kier molecular flexibility index (Phi) is 5.59. The normalized spacial score (nSPS) is 16.1. The highest BCUT2D eigenvalue weighted by Gasteiger charge is 2.34. The second kappa shape index (κ2) is 8.08. The van der Waals surface area contributed by atoms with Crippen molar-refractivity contribution < 1.29 is 19.1 Å². The second-order valence-corrected chi connectivity index (χ2v) is 6.56. The molecule has 0 aliphatic carbocycles. The number of nitrogens with zero attached hydrogens (tertiary/aromatic N) is 1. The first-order valence-corrected chi connectivity index (χ1v) is 8.84. The van der Waals surface area contributed by atoms with Crippen molar-refractivity contribution in [3.63, 3.8) is 0 Å². The molecule has 1 heterocycles. The van der Waals surface area contributed by atoms with Gasteiger partial charge in [-0.25, -0.2) is 14.6 Å². The predicted octanol–water partition coefficient (Wildman–Crippen LogP) is 3.10. The van der Waals surface area contributed by atoms with E-state index < -0.39 is 18.0 Å². The van der Waals surface area contributed by atoms with Crippen LogP contribution in [-0.2, 0) is 19.1 Å². The van der Waals surface area contributed by atoms with E-state index in [1.807, 2.05) is 62.4 Å². The Bertz CT molecular complexity index is 957. The third kappa shape index (κ3) is 3.81. The van der Waals surface area contributed by atoms with E-state index in [0.717, 1.165) is 16.7 Å². The lowest BCUT2D eigenvalue weighted by Gasteiger charge is -2.27. The quantitative estimate of drug-likeness (QED) is 0.828. The molecule has 0 spiro atoms. The van der Waals surface area contributed by atoms with Gasteiger partial charge in [0, 0.05) is 5.56 Å². The molecule has 3 rings (SSSR count). The molecule has 0 fully saturated rings.